The van der Waals surface area contributed by atoms with E-state index in [0.717, 1.165) is 6.42 Å². The van der Waals surface area contributed by atoms with Crippen molar-refractivity contribution >= 4 is 5.78 Å². The van der Waals surface area contributed by atoms with E-state index in [1.165, 1.54) is 12.0 Å². The van der Waals surface area contributed by atoms with Crippen LogP contribution in [-0.4, -0.2) is 16.5 Å². The first-order valence-electron chi connectivity index (χ1n) is 6.79. The average Bonchev–Trinajstić information content (AvgIpc) is 2.51. The highest BCUT2D eigenvalue weighted by molar-refractivity contribution is 5.92. The van der Waals surface area contributed by atoms with Crippen LogP contribution in [0.25, 0.3) is 0 Å². The highest BCUT2D eigenvalue weighted by atomic mass is 16.3. The van der Waals surface area contributed by atoms with E-state index in [-0.39, 0.29) is 11.2 Å². The molecule has 0 heterocycles. The molecular formula is C15H22O2. The maximum atomic E-state index is 11.8. The van der Waals surface area contributed by atoms with Crippen molar-refractivity contribution in [3.8, 4) is 0 Å². The molecule has 0 radical (unpaired) electrons. The minimum Gasteiger partial charge on any atom is -0.390 e. The molecule has 2 saturated carbocycles. The number of hydrogen-bond acceptors (Lipinski definition) is 2. The molecule has 3 aliphatic carbocycles. The predicted octanol–water partition coefficient (Wildman–Crippen LogP) is 2.71. The highest BCUT2D eigenvalue weighted by Gasteiger charge is 2.57. The number of carbonyl (C=O) groups excluding carboxylic acids is 1. The normalized spacial score (nSPS) is 53.3. The third kappa shape index (κ3) is 1.46. The van der Waals surface area contributed by atoms with E-state index in [2.05, 4.69) is 13.8 Å². The molecule has 3 rings (SSSR count). The average molecular weight is 234 g/mol. The summed E-state index contributed by atoms with van der Waals surface area (Å²) >= 11 is 0. The van der Waals surface area contributed by atoms with Crippen LogP contribution in [0, 0.1) is 23.2 Å². The van der Waals surface area contributed by atoms with Gasteiger partial charge in [0.25, 0.3) is 0 Å². The summed E-state index contributed by atoms with van der Waals surface area (Å²) in [5.74, 6) is 1.74. The van der Waals surface area contributed by atoms with Gasteiger partial charge in [0.2, 0.25) is 0 Å². The molecule has 2 heteroatoms. The highest BCUT2D eigenvalue weighted by Crippen LogP contribution is 2.61. The van der Waals surface area contributed by atoms with Crippen LogP contribution in [0.15, 0.2) is 11.6 Å². The second kappa shape index (κ2) is 3.23. The molecule has 0 aromatic carbocycles. The molecule has 5 atom stereocenters. The van der Waals surface area contributed by atoms with Crippen LogP contribution in [0.4, 0.5) is 0 Å². The minimum absolute atomic E-state index is 0.177. The minimum atomic E-state index is -0.629. The van der Waals surface area contributed by atoms with E-state index >= 15 is 0 Å². The van der Waals surface area contributed by atoms with E-state index in [9.17, 15) is 9.90 Å². The van der Waals surface area contributed by atoms with E-state index < -0.39 is 5.60 Å². The molecule has 0 bridgehead atoms. The molecule has 94 valence electrons. The van der Waals surface area contributed by atoms with Gasteiger partial charge in [0.05, 0.1) is 5.60 Å². The lowest BCUT2D eigenvalue weighted by Gasteiger charge is -2.49. The molecule has 0 aromatic heterocycles. The molecule has 0 aromatic rings. The zero-order valence-electron chi connectivity index (χ0n) is 11.0. The van der Waals surface area contributed by atoms with Gasteiger partial charge < -0.3 is 5.11 Å². The number of carbonyl (C=O) groups is 1. The lowest BCUT2D eigenvalue weighted by Crippen LogP contribution is -2.48. The topological polar surface area (TPSA) is 37.3 Å². The zero-order chi connectivity index (χ0) is 12.4. The summed E-state index contributed by atoms with van der Waals surface area (Å²) in [6.07, 6.45) is 5.56. The maximum Gasteiger partial charge on any atom is 0.156 e. The lowest BCUT2D eigenvalue weighted by molar-refractivity contribution is -0.119. The fraction of sp³-hybridized carbons (Fsp3) is 0.800. The number of allylic oxidation sites excluding steroid dienone is 1. The van der Waals surface area contributed by atoms with Crippen molar-refractivity contribution in [1.82, 2.24) is 0 Å². The van der Waals surface area contributed by atoms with Gasteiger partial charge in [0.15, 0.2) is 5.78 Å². The Morgan fingerprint density at radius 3 is 2.76 bits per heavy atom. The van der Waals surface area contributed by atoms with Crippen molar-refractivity contribution in [2.45, 2.75) is 52.1 Å². The zero-order valence-corrected chi connectivity index (χ0v) is 11.0. The fourth-order valence-electron chi connectivity index (χ4n) is 4.74. The van der Waals surface area contributed by atoms with Gasteiger partial charge in [-0.3, -0.25) is 4.79 Å². The molecular weight excluding hydrogens is 212 g/mol. The predicted molar refractivity (Wildman–Crippen MR) is 66.4 cm³/mol. The maximum absolute atomic E-state index is 11.8. The smallest absolute Gasteiger partial charge is 0.156 e. The van der Waals surface area contributed by atoms with Gasteiger partial charge in [-0.05, 0) is 55.4 Å². The Morgan fingerprint density at radius 2 is 2.06 bits per heavy atom. The molecule has 0 saturated heterocycles. The van der Waals surface area contributed by atoms with Gasteiger partial charge in [0.1, 0.15) is 0 Å². The number of ketones is 1. The van der Waals surface area contributed by atoms with Crippen LogP contribution in [0.3, 0.4) is 0 Å². The van der Waals surface area contributed by atoms with Crippen molar-refractivity contribution in [2.24, 2.45) is 23.2 Å². The van der Waals surface area contributed by atoms with E-state index in [1.807, 2.05) is 13.0 Å². The first-order chi connectivity index (χ1) is 7.83. The van der Waals surface area contributed by atoms with Crippen molar-refractivity contribution in [1.29, 1.82) is 0 Å². The third-order valence-corrected chi connectivity index (χ3v) is 5.74. The van der Waals surface area contributed by atoms with Crippen molar-refractivity contribution in [3.63, 3.8) is 0 Å². The van der Waals surface area contributed by atoms with Crippen molar-refractivity contribution in [2.75, 3.05) is 0 Å². The van der Waals surface area contributed by atoms with Crippen LogP contribution in [-0.2, 0) is 4.79 Å². The van der Waals surface area contributed by atoms with E-state index in [0.29, 0.717) is 30.6 Å². The molecule has 5 unspecified atom stereocenters. The van der Waals surface area contributed by atoms with Crippen LogP contribution in [0.1, 0.15) is 46.5 Å². The summed E-state index contributed by atoms with van der Waals surface area (Å²) in [6.45, 7) is 6.39. The summed E-state index contributed by atoms with van der Waals surface area (Å²) in [5.41, 5.74) is 0.779. The SMILES string of the molecule is CC1C2CCC3(C)CC(=O)C=C(CC1(C)O)C23. The number of rotatable bonds is 0. The Morgan fingerprint density at radius 1 is 1.35 bits per heavy atom. The van der Waals surface area contributed by atoms with Gasteiger partial charge in [-0.1, -0.05) is 19.4 Å². The molecule has 1 N–H and O–H groups in total. The second-order valence-electron chi connectivity index (χ2n) is 7.02. The van der Waals surface area contributed by atoms with Gasteiger partial charge >= 0.3 is 0 Å². The summed E-state index contributed by atoms with van der Waals surface area (Å²) in [4.78, 5) is 11.8. The van der Waals surface area contributed by atoms with Crippen LogP contribution >= 0.6 is 0 Å². The molecule has 2 fully saturated rings. The van der Waals surface area contributed by atoms with Crippen LogP contribution < -0.4 is 0 Å². The first-order valence-corrected chi connectivity index (χ1v) is 6.79. The quantitative estimate of drug-likeness (QED) is 0.699. The Hall–Kier alpha value is -0.630. The summed E-state index contributed by atoms with van der Waals surface area (Å²) in [6, 6.07) is 0. The Kier molecular flexibility index (Phi) is 2.17. The Bertz CT molecular complexity index is 407. The molecule has 0 aliphatic heterocycles. The molecule has 0 spiro atoms. The van der Waals surface area contributed by atoms with Crippen molar-refractivity contribution in [3.05, 3.63) is 11.6 Å². The van der Waals surface area contributed by atoms with Gasteiger partial charge in [-0.2, -0.15) is 0 Å². The largest absolute Gasteiger partial charge is 0.390 e. The third-order valence-electron chi connectivity index (χ3n) is 5.74. The summed E-state index contributed by atoms with van der Waals surface area (Å²) in [5, 5.41) is 10.5. The lowest BCUT2D eigenvalue weighted by atomic mass is 9.57. The molecule has 2 nitrogen and oxygen atoms in total. The summed E-state index contributed by atoms with van der Waals surface area (Å²) < 4.78 is 0. The number of aliphatic hydroxyl groups is 1. The monoisotopic (exact) mass is 234 g/mol. The van der Waals surface area contributed by atoms with Crippen LogP contribution in [0.5, 0.6) is 0 Å². The Balaban J connectivity index is 2.08. The van der Waals surface area contributed by atoms with Gasteiger partial charge in [0, 0.05) is 6.42 Å². The van der Waals surface area contributed by atoms with Crippen LogP contribution in [0.2, 0.25) is 0 Å². The molecule has 0 amide bonds. The van der Waals surface area contributed by atoms with Gasteiger partial charge in [-0.15, -0.1) is 0 Å². The van der Waals surface area contributed by atoms with E-state index in [4.69, 9.17) is 0 Å². The molecule has 3 aliphatic rings. The second-order valence-corrected chi connectivity index (χ2v) is 7.02. The first kappa shape index (κ1) is 11.5. The number of hydrogen-bond donors (Lipinski definition) is 1. The van der Waals surface area contributed by atoms with E-state index in [1.54, 1.807) is 0 Å². The van der Waals surface area contributed by atoms with Gasteiger partial charge in [-0.25, -0.2) is 0 Å². The summed E-state index contributed by atoms with van der Waals surface area (Å²) in [7, 11) is 0. The van der Waals surface area contributed by atoms with Crippen molar-refractivity contribution < 1.29 is 9.90 Å². The Labute approximate surface area is 103 Å². The standard InChI is InChI=1S/C15H22O2/c1-9-12-4-5-14(2)8-11(16)6-10(13(12)14)7-15(9,3)17/h6,9,12-13,17H,4-5,7-8H2,1-3H3. The fourth-order valence-corrected chi connectivity index (χ4v) is 4.74. The molecule has 17 heavy (non-hydrogen) atoms.